The zero-order valence-electron chi connectivity index (χ0n) is 14.4. The Labute approximate surface area is 152 Å². The summed E-state index contributed by atoms with van der Waals surface area (Å²) in [5.41, 5.74) is 11.5. The summed E-state index contributed by atoms with van der Waals surface area (Å²) in [6.07, 6.45) is 3.09. The molecule has 8 nitrogen and oxygen atoms in total. The second-order valence-electron chi connectivity index (χ2n) is 5.06. The average molecular weight is 370 g/mol. The molecule has 138 valence electrons. The summed E-state index contributed by atoms with van der Waals surface area (Å²) in [5, 5.41) is -0.260. The van der Waals surface area contributed by atoms with E-state index < -0.39 is 5.97 Å². The number of esters is 1. The zero-order valence-corrected chi connectivity index (χ0v) is 15.2. The van der Waals surface area contributed by atoms with Gasteiger partial charge in [0.1, 0.15) is 16.6 Å². The van der Waals surface area contributed by atoms with E-state index in [0.29, 0.717) is 5.69 Å². The molecule has 4 N–H and O–H groups in total. The van der Waals surface area contributed by atoms with Gasteiger partial charge in [-0.15, -0.1) is 0 Å². The van der Waals surface area contributed by atoms with E-state index in [1.165, 1.54) is 0 Å². The molecule has 0 saturated carbocycles. The van der Waals surface area contributed by atoms with Gasteiger partial charge in [0.25, 0.3) is 0 Å². The highest BCUT2D eigenvalue weighted by Gasteiger charge is 2.18. The largest absolute Gasteiger partial charge is 0.462 e. The van der Waals surface area contributed by atoms with Gasteiger partial charge in [-0.1, -0.05) is 11.6 Å². The van der Waals surface area contributed by atoms with Crippen LogP contribution < -0.4 is 11.5 Å². The number of rotatable bonds is 4. The highest BCUT2D eigenvalue weighted by atomic mass is 35.5. The Morgan fingerprint density at radius 1 is 1.36 bits per heavy atom. The highest BCUT2D eigenvalue weighted by molar-refractivity contribution is 6.36. The van der Waals surface area contributed by atoms with Crippen molar-refractivity contribution in [2.24, 2.45) is 16.5 Å². The molecule has 0 aliphatic carbocycles. The number of hydrogen-bond donors (Lipinski definition) is 2. The second kappa shape index (κ2) is 11.4. The molecule has 1 aliphatic rings. The molecular formula is C16H24ClN5O3. The summed E-state index contributed by atoms with van der Waals surface area (Å²) < 4.78 is 9.89. The average Bonchev–Trinajstić information content (AvgIpc) is 2.57. The lowest BCUT2D eigenvalue weighted by Gasteiger charge is -2.21. The number of morpholine rings is 1. The van der Waals surface area contributed by atoms with Gasteiger partial charge in [-0.25, -0.2) is 9.79 Å². The molecule has 0 atom stereocenters. The maximum absolute atomic E-state index is 11.6. The third kappa shape index (κ3) is 7.97. The lowest BCUT2D eigenvalue weighted by atomic mass is 10.2. The molecule has 1 aliphatic heterocycles. The molecule has 9 heteroatoms. The maximum atomic E-state index is 11.6. The number of nitrogens with two attached hydrogens (primary N) is 2. The third-order valence-corrected chi connectivity index (χ3v) is 3.31. The molecule has 25 heavy (non-hydrogen) atoms. The fourth-order valence-electron chi connectivity index (χ4n) is 1.80. The van der Waals surface area contributed by atoms with E-state index in [9.17, 15) is 4.79 Å². The van der Waals surface area contributed by atoms with Crippen molar-refractivity contribution in [1.82, 2.24) is 9.88 Å². The number of carbonyl (C=O) groups excluding carboxylic acids is 1. The number of ether oxygens (including phenoxy) is 2. The van der Waals surface area contributed by atoms with Gasteiger partial charge in [-0.05, 0) is 26.1 Å². The lowest BCUT2D eigenvalue weighted by Crippen LogP contribution is -2.32. The van der Waals surface area contributed by atoms with E-state index in [0.717, 1.165) is 26.3 Å². The minimum Gasteiger partial charge on any atom is -0.462 e. The molecule has 2 heterocycles. The van der Waals surface area contributed by atoms with E-state index in [4.69, 9.17) is 32.5 Å². The predicted octanol–water partition coefficient (Wildman–Crippen LogP) is 0.991. The zero-order chi connectivity index (χ0) is 18.7. The number of amidine groups is 1. The standard InChI is InChI=1S/C11H13ClN4O2.C5H11NO/c1-2-18-11(17)8(9(12)13)10(14)16-7-3-5-15-6-4-7;1-6-2-4-7-5-3-6/h3-6H,2,13H2,1H3,(H2,14,15,16);2-5H2,1H3/b9-8+;. The first-order valence-corrected chi connectivity index (χ1v) is 8.16. The van der Waals surface area contributed by atoms with Crippen molar-refractivity contribution in [2.45, 2.75) is 6.92 Å². The van der Waals surface area contributed by atoms with Gasteiger partial charge in [0, 0.05) is 25.5 Å². The summed E-state index contributed by atoms with van der Waals surface area (Å²) in [4.78, 5) is 21.7. The number of aliphatic imine (C=N–C) groups is 1. The Balaban J connectivity index is 0.000000370. The number of pyridine rings is 1. The molecule has 0 unspecified atom stereocenters. The molecule has 0 bridgehead atoms. The molecule has 1 aromatic rings. The van der Waals surface area contributed by atoms with Crippen LogP contribution in [-0.2, 0) is 14.3 Å². The maximum Gasteiger partial charge on any atom is 0.344 e. The Morgan fingerprint density at radius 2 is 1.96 bits per heavy atom. The van der Waals surface area contributed by atoms with Crippen LogP contribution in [0, 0.1) is 0 Å². The molecule has 1 saturated heterocycles. The van der Waals surface area contributed by atoms with Crippen molar-refractivity contribution in [1.29, 1.82) is 0 Å². The monoisotopic (exact) mass is 369 g/mol. The van der Waals surface area contributed by atoms with E-state index in [1.807, 2.05) is 0 Å². The second-order valence-corrected chi connectivity index (χ2v) is 5.47. The topological polar surface area (TPSA) is 116 Å². The smallest absolute Gasteiger partial charge is 0.344 e. The summed E-state index contributed by atoms with van der Waals surface area (Å²) in [6, 6.07) is 3.25. The van der Waals surface area contributed by atoms with Crippen molar-refractivity contribution in [2.75, 3.05) is 40.0 Å². The fraction of sp³-hybridized carbons (Fsp3) is 0.438. The van der Waals surface area contributed by atoms with Gasteiger partial charge in [-0.3, -0.25) is 4.98 Å². The number of nitrogens with zero attached hydrogens (tertiary/aromatic N) is 3. The van der Waals surface area contributed by atoms with Crippen LogP contribution >= 0.6 is 11.6 Å². The molecule has 0 aromatic carbocycles. The minimum atomic E-state index is -0.708. The Morgan fingerprint density at radius 3 is 2.40 bits per heavy atom. The van der Waals surface area contributed by atoms with Crippen LogP contribution in [0.5, 0.6) is 0 Å². The molecule has 1 aromatic heterocycles. The number of carbonyl (C=O) groups is 1. The SMILES string of the molecule is CCOC(=O)/C(C(N)=Nc1ccncc1)=C(/N)Cl.CN1CCOCC1. The molecule has 0 amide bonds. The summed E-state index contributed by atoms with van der Waals surface area (Å²) >= 11 is 5.62. The van der Waals surface area contributed by atoms with Gasteiger partial charge >= 0.3 is 5.97 Å². The van der Waals surface area contributed by atoms with Gasteiger partial charge < -0.3 is 25.8 Å². The van der Waals surface area contributed by atoms with Crippen LogP contribution in [0.4, 0.5) is 5.69 Å². The van der Waals surface area contributed by atoms with E-state index in [-0.39, 0.29) is 23.2 Å². The molecule has 0 spiro atoms. The van der Waals surface area contributed by atoms with Gasteiger partial charge in [0.05, 0.1) is 25.5 Å². The van der Waals surface area contributed by atoms with Crippen LogP contribution in [0.1, 0.15) is 6.92 Å². The van der Waals surface area contributed by atoms with E-state index in [2.05, 4.69) is 21.9 Å². The summed E-state index contributed by atoms with van der Waals surface area (Å²) in [5.74, 6) is -0.813. The predicted molar refractivity (Wildman–Crippen MR) is 97.5 cm³/mol. The van der Waals surface area contributed by atoms with Crippen molar-refractivity contribution < 1.29 is 14.3 Å². The highest BCUT2D eigenvalue weighted by Crippen LogP contribution is 2.13. The quantitative estimate of drug-likeness (QED) is 0.267. The Kier molecular flexibility index (Phi) is 9.53. The molecular weight excluding hydrogens is 346 g/mol. The summed E-state index contributed by atoms with van der Waals surface area (Å²) in [6.45, 7) is 5.87. The van der Waals surface area contributed by atoms with Gasteiger partial charge in [0.15, 0.2) is 0 Å². The Bertz CT molecular complexity index is 597. The molecule has 1 fully saturated rings. The lowest BCUT2D eigenvalue weighted by molar-refractivity contribution is -0.137. The first kappa shape index (κ1) is 20.9. The van der Waals surface area contributed by atoms with Crippen LogP contribution in [0.15, 0.2) is 40.2 Å². The van der Waals surface area contributed by atoms with E-state index in [1.54, 1.807) is 31.5 Å². The molecule has 0 radical (unpaired) electrons. The van der Waals surface area contributed by atoms with Crippen molar-refractivity contribution in [3.05, 3.63) is 35.3 Å². The van der Waals surface area contributed by atoms with Crippen LogP contribution in [0.25, 0.3) is 0 Å². The number of hydrogen-bond acceptors (Lipinski definition) is 7. The first-order valence-electron chi connectivity index (χ1n) is 7.79. The number of likely N-dealkylation sites (N-methyl/N-ethyl adjacent to an activating group) is 1. The van der Waals surface area contributed by atoms with Crippen LogP contribution in [-0.4, -0.2) is 61.6 Å². The first-order chi connectivity index (χ1) is 12.0. The number of aromatic nitrogens is 1. The third-order valence-electron chi connectivity index (χ3n) is 3.12. The summed E-state index contributed by atoms with van der Waals surface area (Å²) in [7, 11) is 2.11. The van der Waals surface area contributed by atoms with Crippen molar-refractivity contribution >= 4 is 29.1 Å². The normalized spacial score (nSPS) is 16.4. The van der Waals surface area contributed by atoms with Gasteiger partial charge in [0.2, 0.25) is 0 Å². The van der Waals surface area contributed by atoms with E-state index >= 15 is 0 Å². The number of halogens is 1. The van der Waals surface area contributed by atoms with Crippen molar-refractivity contribution in [3.63, 3.8) is 0 Å². The Hall–Kier alpha value is -2.16. The fourth-order valence-corrected chi connectivity index (χ4v) is 1.97. The van der Waals surface area contributed by atoms with Crippen LogP contribution in [0.2, 0.25) is 0 Å². The minimum absolute atomic E-state index is 0.104. The van der Waals surface area contributed by atoms with Crippen LogP contribution in [0.3, 0.4) is 0 Å². The molecule has 2 rings (SSSR count). The van der Waals surface area contributed by atoms with Crippen molar-refractivity contribution in [3.8, 4) is 0 Å². The van der Waals surface area contributed by atoms with Gasteiger partial charge in [-0.2, -0.15) is 0 Å².